The minimum atomic E-state index is -0.0870. The van der Waals surface area contributed by atoms with E-state index in [0.717, 1.165) is 4.90 Å². The van der Waals surface area contributed by atoms with Gasteiger partial charge in [0.05, 0.1) is 17.4 Å². The van der Waals surface area contributed by atoms with E-state index in [2.05, 4.69) is 11.4 Å². The van der Waals surface area contributed by atoms with Gasteiger partial charge in [0.25, 0.3) is 5.91 Å². The van der Waals surface area contributed by atoms with Gasteiger partial charge >= 0.3 is 0 Å². The minimum absolute atomic E-state index is 0.0870. The van der Waals surface area contributed by atoms with E-state index >= 15 is 0 Å². The molecule has 3 nitrogen and oxygen atoms in total. The van der Waals surface area contributed by atoms with Gasteiger partial charge in [0.15, 0.2) is 0 Å². The molecule has 0 aromatic heterocycles. The molecule has 16 heavy (non-hydrogen) atoms. The minimum Gasteiger partial charge on any atom is -0.350 e. The van der Waals surface area contributed by atoms with Crippen LogP contribution in [0.3, 0.4) is 0 Å². The second-order valence-corrected chi connectivity index (χ2v) is 4.59. The Balaban J connectivity index is 2.86. The van der Waals surface area contributed by atoms with Gasteiger partial charge in [-0.3, -0.25) is 4.79 Å². The number of amides is 1. The number of carbonyl (C=O) groups is 1. The lowest BCUT2D eigenvalue weighted by atomic mass is 10.2. The zero-order valence-electron chi connectivity index (χ0n) is 9.36. The van der Waals surface area contributed by atoms with Gasteiger partial charge in [0.1, 0.15) is 0 Å². The van der Waals surface area contributed by atoms with E-state index in [-0.39, 0.29) is 11.9 Å². The van der Waals surface area contributed by atoms with Gasteiger partial charge in [-0.15, -0.1) is 11.8 Å². The summed E-state index contributed by atoms with van der Waals surface area (Å²) < 4.78 is 0. The summed E-state index contributed by atoms with van der Waals surface area (Å²) >= 11 is 1.38. The molecule has 0 fully saturated rings. The molecule has 0 saturated carbocycles. The summed E-state index contributed by atoms with van der Waals surface area (Å²) in [5.74, 6) is 0.266. The summed E-state index contributed by atoms with van der Waals surface area (Å²) in [4.78, 5) is 12.7. The number of carbonyl (C=O) groups excluding carboxylic acids is 1. The first kappa shape index (κ1) is 12.6. The van der Waals surface area contributed by atoms with Crippen LogP contribution in [-0.4, -0.2) is 17.7 Å². The van der Waals surface area contributed by atoms with Crippen LogP contribution in [0.4, 0.5) is 0 Å². The van der Waals surface area contributed by atoms with Crippen molar-refractivity contribution in [3.05, 3.63) is 29.8 Å². The predicted octanol–water partition coefficient (Wildman–Crippen LogP) is 2.44. The number of hydrogen-bond acceptors (Lipinski definition) is 3. The standard InChI is InChI=1S/C12H14N2OS/c1-9(2)14-12(15)10-5-3-4-6-11(10)16-8-7-13/h3-6,9H,8H2,1-2H3,(H,14,15). The van der Waals surface area contributed by atoms with Crippen molar-refractivity contribution in [1.29, 1.82) is 5.26 Å². The number of hydrogen-bond donors (Lipinski definition) is 1. The van der Waals surface area contributed by atoms with Gasteiger partial charge in [-0.05, 0) is 26.0 Å². The Hall–Kier alpha value is -1.47. The number of nitrogens with one attached hydrogen (secondary N) is 1. The van der Waals surface area contributed by atoms with E-state index in [1.807, 2.05) is 32.0 Å². The van der Waals surface area contributed by atoms with E-state index in [1.165, 1.54) is 11.8 Å². The van der Waals surface area contributed by atoms with Crippen molar-refractivity contribution in [2.24, 2.45) is 0 Å². The third kappa shape index (κ3) is 3.59. The molecule has 1 aromatic rings. The number of thioether (sulfide) groups is 1. The van der Waals surface area contributed by atoms with Gasteiger partial charge in [-0.2, -0.15) is 5.26 Å². The SMILES string of the molecule is CC(C)NC(=O)c1ccccc1SCC#N. The Morgan fingerprint density at radius 2 is 2.19 bits per heavy atom. The van der Waals surface area contributed by atoms with Crippen LogP contribution in [0.2, 0.25) is 0 Å². The van der Waals surface area contributed by atoms with E-state index in [0.29, 0.717) is 11.3 Å². The number of rotatable bonds is 4. The van der Waals surface area contributed by atoms with Gasteiger partial charge in [0, 0.05) is 10.9 Å². The average molecular weight is 234 g/mol. The van der Waals surface area contributed by atoms with Crippen molar-refractivity contribution in [3.8, 4) is 6.07 Å². The molecule has 0 unspecified atom stereocenters. The van der Waals surface area contributed by atoms with Crippen molar-refractivity contribution in [1.82, 2.24) is 5.32 Å². The fraction of sp³-hybridized carbons (Fsp3) is 0.333. The summed E-state index contributed by atoms with van der Waals surface area (Å²) in [6.45, 7) is 3.84. The molecule has 4 heteroatoms. The molecule has 0 heterocycles. The van der Waals surface area contributed by atoms with Gasteiger partial charge in [-0.25, -0.2) is 0 Å². The maximum atomic E-state index is 11.8. The topological polar surface area (TPSA) is 52.9 Å². The largest absolute Gasteiger partial charge is 0.350 e. The Morgan fingerprint density at radius 1 is 1.50 bits per heavy atom. The van der Waals surface area contributed by atoms with Gasteiger partial charge in [-0.1, -0.05) is 12.1 Å². The Kier molecular flexibility index (Phi) is 4.87. The van der Waals surface area contributed by atoms with Crippen LogP contribution in [-0.2, 0) is 0 Å². The maximum Gasteiger partial charge on any atom is 0.252 e. The quantitative estimate of drug-likeness (QED) is 0.814. The van der Waals surface area contributed by atoms with Crippen LogP contribution in [0.5, 0.6) is 0 Å². The van der Waals surface area contributed by atoms with Crippen molar-refractivity contribution in [2.45, 2.75) is 24.8 Å². The summed E-state index contributed by atoms with van der Waals surface area (Å²) in [7, 11) is 0. The summed E-state index contributed by atoms with van der Waals surface area (Å²) in [6, 6.07) is 9.49. The highest BCUT2D eigenvalue weighted by Crippen LogP contribution is 2.22. The van der Waals surface area contributed by atoms with Crippen molar-refractivity contribution in [2.75, 3.05) is 5.75 Å². The number of benzene rings is 1. The van der Waals surface area contributed by atoms with E-state index in [9.17, 15) is 4.79 Å². The fourth-order valence-corrected chi connectivity index (χ4v) is 1.94. The zero-order valence-corrected chi connectivity index (χ0v) is 10.2. The van der Waals surface area contributed by atoms with Crippen molar-refractivity contribution in [3.63, 3.8) is 0 Å². The zero-order chi connectivity index (χ0) is 12.0. The first-order chi connectivity index (χ1) is 7.65. The van der Waals surface area contributed by atoms with Crippen LogP contribution in [0, 0.1) is 11.3 Å². The van der Waals surface area contributed by atoms with Crippen molar-refractivity contribution < 1.29 is 4.79 Å². The lowest BCUT2D eigenvalue weighted by Crippen LogP contribution is -2.30. The summed E-state index contributed by atoms with van der Waals surface area (Å²) in [5, 5.41) is 11.4. The third-order valence-electron chi connectivity index (χ3n) is 1.84. The van der Waals surface area contributed by atoms with Crippen LogP contribution in [0.25, 0.3) is 0 Å². The molecule has 84 valence electrons. The number of nitriles is 1. The second-order valence-electron chi connectivity index (χ2n) is 3.57. The third-order valence-corrected chi connectivity index (χ3v) is 2.78. The van der Waals surface area contributed by atoms with E-state index in [4.69, 9.17) is 5.26 Å². The molecule has 1 aromatic carbocycles. The predicted molar refractivity (Wildman–Crippen MR) is 65.4 cm³/mol. The highest BCUT2D eigenvalue weighted by atomic mass is 32.2. The van der Waals surface area contributed by atoms with Gasteiger partial charge in [0.2, 0.25) is 0 Å². The highest BCUT2D eigenvalue weighted by molar-refractivity contribution is 7.99. The molecule has 0 aliphatic rings. The smallest absolute Gasteiger partial charge is 0.252 e. The van der Waals surface area contributed by atoms with E-state index < -0.39 is 0 Å². The molecule has 0 saturated heterocycles. The molecule has 0 aliphatic carbocycles. The Morgan fingerprint density at radius 3 is 2.81 bits per heavy atom. The van der Waals surface area contributed by atoms with Crippen LogP contribution in [0.15, 0.2) is 29.2 Å². The molecule has 1 amide bonds. The Bertz CT molecular complexity index is 410. The van der Waals surface area contributed by atoms with Crippen LogP contribution < -0.4 is 5.32 Å². The fourth-order valence-electron chi connectivity index (χ4n) is 1.23. The summed E-state index contributed by atoms with van der Waals surface area (Å²) in [6.07, 6.45) is 0. The van der Waals surface area contributed by atoms with Crippen LogP contribution in [0.1, 0.15) is 24.2 Å². The molecule has 0 spiro atoms. The van der Waals surface area contributed by atoms with Crippen molar-refractivity contribution >= 4 is 17.7 Å². The first-order valence-corrected chi connectivity index (χ1v) is 6.03. The molecule has 0 bridgehead atoms. The summed E-state index contributed by atoms with van der Waals surface area (Å²) in [5.41, 5.74) is 0.636. The highest BCUT2D eigenvalue weighted by Gasteiger charge is 2.11. The lowest BCUT2D eigenvalue weighted by molar-refractivity contribution is 0.0940. The molecular formula is C12H14N2OS. The lowest BCUT2D eigenvalue weighted by Gasteiger charge is -2.10. The maximum absolute atomic E-state index is 11.8. The molecule has 0 radical (unpaired) electrons. The van der Waals surface area contributed by atoms with E-state index in [1.54, 1.807) is 6.07 Å². The first-order valence-electron chi connectivity index (χ1n) is 5.04. The number of nitrogens with zero attached hydrogens (tertiary/aromatic N) is 1. The van der Waals surface area contributed by atoms with Gasteiger partial charge < -0.3 is 5.32 Å². The molecule has 1 rings (SSSR count). The normalized spacial score (nSPS) is 9.88. The molecule has 0 aliphatic heterocycles. The molecule has 1 N–H and O–H groups in total. The molecule has 0 atom stereocenters. The Labute approximate surface area is 99.8 Å². The average Bonchev–Trinajstić information content (AvgIpc) is 2.25. The second kappa shape index (κ2) is 6.19. The van der Waals surface area contributed by atoms with Crippen LogP contribution >= 0.6 is 11.8 Å². The monoisotopic (exact) mass is 234 g/mol. The molecular weight excluding hydrogens is 220 g/mol.